The van der Waals surface area contributed by atoms with E-state index in [-0.39, 0.29) is 29.6 Å². The summed E-state index contributed by atoms with van der Waals surface area (Å²) in [7, 11) is 2.73. The highest BCUT2D eigenvalue weighted by Gasteiger charge is 2.20. The fourth-order valence-electron chi connectivity index (χ4n) is 2.30. The van der Waals surface area contributed by atoms with Crippen molar-refractivity contribution in [3.05, 3.63) is 42.5 Å². The van der Waals surface area contributed by atoms with E-state index in [1.165, 1.54) is 33.3 Å². The molecule has 2 rings (SSSR count). The number of esters is 2. The topological polar surface area (TPSA) is 88.1 Å². The van der Waals surface area contributed by atoms with Gasteiger partial charge in [0, 0.05) is 12.5 Å². The van der Waals surface area contributed by atoms with Gasteiger partial charge in [-0.3, -0.25) is 14.4 Å². The molecule has 0 saturated heterocycles. The van der Waals surface area contributed by atoms with E-state index >= 15 is 0 Å². The summed E-state index contributed by atoms with van der Waals surface area (Å²) in [6.07, 6.45) is 0.776. The Morgan fingerprint density at radius 2 is 1.61 bits per heavy atom. The first kappa shape index (κ1) is 22.4. The van der Waals surface area contributed by atoms with E-state index in [2.05, 4.69) is 45.2 Å². The van der Waals surface area contributed by atoms with Crippen LogP contribution in [0.4, 0.5) is 0 Å². The molecule has 0 saturated carbocycles. The van der Waals surface area contributed by atoms with Crippen LogP contribution in [-0.4, -0.2) is 32.4 Å². The molecule has 0 amide bonds. The maximum absolute atomic E-state index is 11.5. The average Bonchev–Trinajstić information content (AvgIpc) is 2.64. The summed E-state index contributed by atoms with van der Waals surface area (Å²) in [5.41, 5.74) is 1.07. The van der Waals surface area contributed by atoms with Gasteiger partial charge in [-0.25, -0.2) is 0 Å². The molecule has 0 unspecified atom stereocenters. The highest BCUT2D eigenvalue weighted by molar-refractivity contribution is 14.1. The zero-order valence-electron chi connectivity index (χ0n) is 15.2. The van der Waals surface area contributed by atoms with Crippen LogP contribution in [0.1, 0.15) is 22.8 Å². The van der Waals surface area contributed by atoms with E-state index in [0.717, 1.165) is 12.7 Å². The quantitative estimate of drug-likeness (QED) is 0.202. The SMILES string of the molecule is COC(=O)Cc1cc(I)c(Oc2cc(C=O)cc(OC)c2OC(C)=O)c(I)c1. The Hall–Kier alpha value is -1.89. The van der Waals surface area contributed by atoms with E-state index in [1.54, 1.807) is 12.1 Å². The summed E-state index contributed by atoms with van der Waals surface area (Å²) in [5, 5.41) is 0. The minimum absolute atomic E-state index is 0.0748. The van der Waals surface area contributed by atoms with Crippen LogP contribution < -0.4 is 14.2 Å². The Balaban J connectivity index is 2.50. The van der Waals surface area contributed by atoms with Crippen molar-refractivity contribution in [2.24, 2.45) is 0 Å². The van der Waals surface area contributed by atoms with Crippen LogP contribution in [0.5, 0.6) is 23.0 Å². The second-order valence-electron chi connectivity index (χ2n) is 5.51. The molecule has 0 heterocycles. The van der Waals surface area contributed by atoms with Gasteiger partial charge in [0.2, 0.25) is 5.75 Å². The van der Waals surface area contributed by atoms with Crippen molar-refractivity contribution in [2.45, 2.75) is 13.3 Å². The van der Waals surface area contributed by atoms with Gasteiger partial charge in [0.05, 0.1) is 27.8 Å². The molecule has 148 valence electrons. The predicted octanol–water partition coefficient (Wildman–Crippen LogP) is 4.15. The molecule has 0 radical (unpaired) electrons. The van der Waals surface area contributed by atoms with Crippen LogP contribution in [0.2, 0.25) is 0 Å². The number of carbonyl (C=O) groups excluding carboxylic acids is 3. The zero-order chi connectivity index (χ0) is 20.8. The number of benzene rings is 2. The molecule has 0 aliphatic rings. The molecule has 0 spiro atoms. The molecule has 2 aromatic rings. The lowest BCUT2D eigenvalue weighted by atomic mass is 10.1. The Morgan fingerprint density at radius 3 is 2.11 bits per heavy atom. The van der Waals surface area contributed by atoms with Gasteiger partial charge in [0.1, 0.15) is 6.29 Å². The Morgan fingerprint density at radius 1 is 1.00 bits per heavy atom. The number of methoxy groups -OCH3 is 2. The molecule has 28 heavy (non-hydrogen) atoms. The normalized spacial score (nSPS) is 10.2. The molecular weight excluding hydrogens is 594 g/mol. The largest absolute Gasteiger partial charge is 0.493 e. The zero-order valence-corrected chi connectivity index (χ0v) is 19.5. The number of ether oxygens (including phenoxy) is 4. The minimum Gasteiger partial charge on any atom is -0.493 e. The lowest BCUT2D eigenvalue weighted by Crippen LogP contribution is -2.07. The summed E-state index contributed by atoms with van der Waals surface area (Å²) < 4.78 is 22.6. The van der Waals surface area contributed by atoms with Crippen LogP contribution in [0.25, 0.3) is 0 Å². The first-order chi connectivity index (χ1) is 13.3. The number of halogens is 2. The average molecular weight is 610 g/mol. The lowest BCUT2D eigenvalue weighted by molar-refractivity contribution is -0.139. The van der Waals surface area contributed by atoms with E-state index < -0.39 is 5.97 Å². The molecule has 0 bridgehead atoms. The number of hydrogen-bond acceptors (Lipinski definition) is 7. The highest BCUT2D eigenvalue weighted by Crippen LogP contribution is 2.43. The van der Waals surface area contributed by atoms with Gasteiger partial charge >= 0.3 is 11.9 Å². The van der Waals surface area contributed by atoms with E-state index in [0.29, 0.717) is 17.6 Å². The van der Waals surface area contributed by atoms with Gasteiger partial charge in [-0.1, -0.05) is 0 Å². The van der Waals surface area contributed by atoms with Gasteiger partial charge in [0.15, 0.2) is 17.2 Å². The fourth-order valence-corrected chi connectivity index (χ4v) is 4.41. The number of hydrogen-bond donors (Lipinski definition) is 0. The first-order valence-electron chi connectivity index (χ1n) is 7.87. The molecule has 7 nitrogen and oxygen atoms in total. The number of carbonyl (C=O) groups is 3. The minimum atomic E-state index is -0.556. The summed E-state index contributed by atoms with van der Waals surface area (Å²) >= 11 is 4.16. The molecule has 9 heteroatoms. The second kappa shape index (κ2) is 10.0. The molecule has 2 aromatic carbocycles. The summed E-state index contributed by atoms with van der Waals surface area (Å²) in [6.45, 7) is 1.26. The van der Waals surface area contributed by atoms with E-state index in [4.69, 9.17) is 18.9 Å². The highest BCUT2D eigenvalue weighted by atomic mass is 127. The summed E-state index contributed by atoms with van der Waals surface area (Å²) in [5.74, 6) is 0.0233. The van der Waals surface area contributed by atoms with Crippen molar-refractivity contribution in [3.63, 3.8) is 0 Å². The second-order valence-corrected chi connectivity index (χ2v) is 7.83. The third-order valence-corrected chi connectivity index (χ3v) is 5.09. The van der Waals surface area contributed by atoms with Crippen molar-refractivity contribution in [1.82, 2.24) is 0 Å². The maximum atomic E-state index is 11.5. The molecule has 0 aliphatic heterocycles. The molecular formula is C19H16I2O7. The van der Waals surface area contributed by atoms with Crippen LogP contribution in [0, 0.1) is 7.14 Å². The van der Waals surface area contributed by atoms with Crippen LogP contribution in [-0.2, 0) is 20.7 Å². The molecule has 0 N–H and O–H groups in total. The molecule has 0 aliphatic carbocycles. The van der Waals surface area contributed by atoms with Crippen LogP contribution >= 0.6 is 45.2 Å². The monoisotopic (exact) mass is 610 g/mol. The van der Waals surface area contributed by atoms with Crippen molar-refractivity contribution < 1.29 is 33.3 Å². The summed E-state index contributed by atoms with van der Waals surface area (Å²) in [4.78, 5) is 34.3. The van der Waals surface area contributed by atoms with E-state index in [1.807, 2.05) is 0 Å². The number of rotatable bonds is 7. The standard InChI is InChI=1S/C19H16I2O7/c1-10(23)27-19-15(25-2)6-12(9-22)7-16(19)28-18-13(20)4-11(5-14(18)21)8-17(24)26-3/h4-7,9H,8H2,1-3H3. The maximum Gasteiger partial charge on any atom is 0.309 e. The molecule has 0 atom stereocenters. The Bertz CT molecular complexity index is 902. The Kier molecular flexibility index (Phi) is 8.04. The predicted molar refractivity (Wildman–Crippen MR) is 117 cm³/mol. The fraction of sp³-hybridized carbons (Fsp3) is 0.211. The van der Waals surface area contributed by atoms with Gasteiger partial charge in [0.25, 0.3) is 0 Å². The van der Waals surface area contributed by atoms with Crippen molar-refractivity contribution in [2.75, 3.05) is 14.2 Å². The Labute approximate surface area is 189 Å². The number of aldehydes is 1. The molecule has 0 aromatic heterocycles. The van der Waals surface area contributed by atoms with Crippen molar-refractivity contribution >= 4 is 63.4 Å². The smallest absolute Gasteiger partial charge is 0.309 e. The van der Waals surface area contributed by atoms with Gasteiger partial charge in [-0.15, -0.1) is 0 Å². The van der Waals surface area contributed by atoms with Gasteiger partial charge in [-0.2, -0.15) is 0 Å². The summed E-state index contributed by atoms with van der Waals surface area (Å²) in [6, 6.07) is 6.50. The van der Waals surface area contributed by atoms with Crippen LogP contribution in [0.15, 0.2) is 24.3 Å². The third-order valence-electron chi connectivity index (χ3n) is 3.49. The van der Waals surface area contributed by atoms with Crippen molar-refractivity contribution in [1.29, 1.82) is 0 Å². The van der Waals surface area contributed by atoms with Gasteiger partial charge in [-0.05, 0) is 75.0 Å². The van der Waals surface area contributed by atoms with Crippen molar-refractivity contribution in [3.8, 4) is 23.0 Å². The third kappa shape index (κ3) is 5.56. The molecule has 0 fully saturated rings. The first-order valence-corrected chi connectivity index (χ1v) is 10.0. The van der Waals surface area contributed by atoms with E-state index in [9.17, 15) is 14.4 Å². The lowest BCUT2D eigenvalue weighted by Gasteiger charge is -2.17. The van der Waals surface area contributed by atoms with Gasteiger partial charge < -0.3 is 18.9 Å². The van der Waals surface area contributed by atoms with Crippen LogP contribution in [0.3, 0.4) is 0 Å².